The van der Waals surface area contributed by atoms with E-state index in [1.165, 1.54) is 0 Å². The fraction of sp³-hybridized carbons (Fsp3) is 0.909. The van der Waals surface area contributed by atoms with Crippen LogP contribution in [0.15, 0.2) is 0 Å². The van der Waals surface area contributed by atoms with E-state index < -0.39 is 5.41 Å². The number of rotatable bonds is 3. The maximum absolute atomic E-state index is 11.2. The van der Waals surface area contributed by atoms with Gasteiger partial charge < -0.3 is 16.4 Å². The molecule has 1 saturated heterocycles. The SMILES string of the molecule is CC(C)(CN1CC2(CC(N)C2)C1)C(N)=O. The quantitative estimate of drug-likeness (QED) is 0.686. The molecule has 0 aromatic carbocycles. The third-order valence-corrected chi connectivity index (χ3v) is 3.79. The lowest BCUT2D eigenvalue weighted by molar-refractivity contribution is -0.132. The van der Waals surface area contributed by atoms with Gasteiger partial charge >= 0.3 is 0 Å². The minimum atomic E-state index is -0.409. The molecule has 0 aromatic rings. The molecule has 0 bridgehead atoms. The average molecular weight is 211 g/mol. The van der Waals surface area contributed by atoms with Crippen molar-refractivity contribution < 1.29 is 4.79 Å². The maximum atomic E-state index is 11.2. The van der Waals surface area contributed by atoms with E-state index >= 15 is 0 Å². The van der Waals surface area contributed by atoms with Gasteiger partial charge in [0.25, 0.3) is 0 Å². The van der Waals surface area contributed by atoms with E-state index in [0.29, 0.717) is 11.5 Å². The first-order valence-electron chi connectivity index (χ1n) is 5.61. The van der Waals surface area contributed by atoms with Gasteiger partial charge in [0.2, 0.25) is 5.91 Å². The minimum absolute atomic E-state index is 0.214. The molecule has 2 aliphatic rings. The van der Waals surface area contributed by atoms with Gasteiger partial charge in [0.1, 0.15) is 0 Å². The van der Waals surface area contributed by atoms with Crippen molar-refractivity contribution in [2.24, 2.45) is 22.3 Å². The Labute approximate surface area is 91.0 Å². The minimum Gasteiger partial charge on any atom is -0.369 e. The van der Waals surface area contributed by atoms with E-state index in [4.69, 9.17) is 11.5 Å². The molecular weight excluding hydrogens is 190 g/mol. The van der Waals surface area contributed by atoms with Crippen LogP contribution in [-0.2, 0) is 4.79 Å². The lowest BCUT2D eigenvalue weighted by Crippen LogP contribution is -2.66. The van der Waals surface area contributed by atoms with Gasteiger partial charge in [0.15, 0.2) is 0 Å². The number of nitrogens with zero attached hydrogens (tertiary/aromatic N) is 1. The van der Waals surface area contributed by atoms with Crippen molar-refractivity contribution in [3.8, 4) is 0 Å². The molecule has 4 heteroatoms. The van der Waals surface area contributed by atoms with Crippen molar-refractivity contribution in [1.82, 2.24) is 4.90 Å². The molecule has 1 aliphatic carbocycles. The third kappa shape index (κ3) is 1.88. The van der Waals surface area contributed by atoms with Crippen LogP contribution >= 0.6 is 0 Å². The molecule has 4 nitrogen and oxygen atoms in total. The van der Waals surface area contributed by atoms with Crippen LogP contribution < -0.4 is 11.5 Å². The Kier molecular flexibility index (Phi) is 2.32. The van der Waals surface area contributed by atoms with E-state index in [0.717, 1.165) is 32.5 Å². The van der Waals surface area contributed by atoms with Gasteiger partial charge in [-0.2, -0.15) is 0 Å². The lowest BCUT2D eigenvalue weighted by atomic mass is 9.60. The van der Waals surface area contributed by atoms with Gasteiger partial charge in [-0.05, 0) is 32.1 Å². The van der Waals surface area contributed by atoms with Crippen molar-refractivity contribution in [2.45, 2.75) is 32.7 Å². The average Bonchev–Trinajstić information content (AvgIpc) is 1.97. The molecule has 0 radical (unpaired) electrons. The molecule has 2 fully saturated rings. The van der Waals surface area contributed by atoms with E-state index in [9.17, 15) is 4.79 Å². The second-order valence-electron chi connectivity index (χ2n) is 6.06. The van der Waals surface area contributed by atoms with Gasteiger partial charge in [-0.25, -0.2) is 0 Å². The number of primary amides is 1. The monoisotopic (exact) mass is 211 g/mol. The van der Waals surface area contributed by atoms with Gasteiger partial charge in [-0.15, -0.1) is 0 Å². The molecule has 4 N–H and O–H groups in total. The van der Waals surface area contributed by atoms with Gasteiger partial charge in [0.05, 0.1) is 5.41 Å². The molecule has 15 heavy (non-hydrogen) atoms. The summed E-state index contributed by atoms with van der Waals surface area (Å²) >= 11 is 0. The van der Waals surface area contributed by atoms with Crippen molar-refractivity contribution in [3.05, 3.63) is 0 Å². The second kappa shape index (κ2) is 3.19. The zero-order chi connectivity index (χ0) is 11.3. The van der Waals surface area contributed by atoms with Crippen LogP contribution in [0.2, 0.25) is 0 Å². The highest BCUT2D eigenvalue weighted by molar-refractivity contribution is 5.80. The highest BCUT2D eigenvalue weighted by atomic mass is 16.1. The van der Waals surface area contributed by atoms with Gasteiger partial charge in [-0.3, -0.25) is 4.79 Å². The van der Waals surface area contributed by atoms with Gasteiger partial charge in [-0.1, -0.05) is 0 Å². The van der Waals surface area contributed by atoms with E-state index in [1.54, 1.807) is 0 Å². The fourth-order valence-corrected chi connectivity index (χ4v) is 2.96. The molecule has 0 unspecified atom stereocenters. The number of nitrogens with two attached hydrogens (primary N) is 2. The number of likely N-dealkylation sites (tertiary alicyclic amines) is 1. The van der Waals surface area contributed by atoms with Crippen LogP contribution in [0.3, 0.4) is 0 Å². The lowest BCUT2D eigenvalue weighted by Gasteiger charge is -2.59. The van der Waals surface area contributed by atoms with E-state index in [2.05, 4.69) is 4.90 Å². The summed E-state index contributed by atoms with van der Waals surface area (Å²) in [6.45, 7) is 6.79. The molecule has 1 amide bonds. The smallest absolute Gasteiger partial charge is 0.224 e. The van der Waals surface area contributed by atoms with Crippen LogP contribution in [0, 0.1) is 10.8 Å². The summed E-state index contributed by atoms with van der Waals surface area (Å²) in [5.74, 6) is -0.214. The fourth-order valence-electron chi connectivity index (χ4n) is 2.96. The Balaban J connectivity index is 1.79. The Morgan fingerprint density at radius 3 is 2.40 bits per heavy atom. The van der Waals surface area contributed by atoms with Crippen LogP contribution in [0.25, 0.3) is 0 Å². The molecule has 0 atom stereocenters. The van der Waals surface area contributed by atoms with Crippen LogP contribution in [0.5, 0.6) is 0 Å². The highest BCUT2D eigenvalue weighted by Crippen LogP contribution is 2.48. The first-order valence-corrected chi connectivity index (χ1v) is 5.61. The van der Waals surface area contributed by atoms with Gasteiger partial charge in [0, 0.05) is 25.7 Å². The zero-order valence-corrected chi connectivity index (χ0v) is 9.62. The molecule has 1 heterocycles. The molecule has 0 aromatic heterocycles. The zero-order valence-electron chi connectivity index (χ0n) is 9.62. The predicted molar refractivity (Wildman–Crippen MR) is 59.1 cm³/mol. The Hall–Kier alpha value is -0.610. The topological polar surface area (TPSA) is 72.3 Å². The summed E-state index contributed by atoms with van der Waals surface area (Å²) in [5.41, 5.74) is 11.2. The summed E-state index contributed by atoms with van der Waals surface area (Å²) in [5, 5.41) is 0. The Morgan fingerprint density at radius 2 is 2.00 bits per heavy atom. The molecule has 2 rings (SSSR count). The van der Waals surface area contributed by atoms with E-state index in [-0.39, 0.29) is 5.91 Å². The van der Waals surface area contributed by atoms with Crippen molar-refractivity contribution in [2.75, 3.05) is 19.6 Å². The largest absolute Gasteiger partial charge is 0.369 e. The molecule has 1 saturated carbocycles. The highest BCUT2D eigenvalue weighted by Gasteiger charge is 2.51. The Bertz CT molecular complexity index is 274. The number of hydrogen-bond donors (Lipinski definition) is 2. The van der Waals surface area contributed by atoms with Crippen LogP contribution in [0.4, 0.5) is 0 Å². The first kappa shape index (κ1) is 10.9. The number of hydrogen-bond acceptors (Lipinski definition) is 3. The normalized spacial score (nSPS) is 26.1. The summed E-state index contributed by atoms with van der Waals surface area (Å²) in [6, 6.07) is 0.413. The summed E-state index contributed by atoms with van der Waals surface area (Å²) in [7, 11) is 0. The summed E-state index contributed by atoms with van der Waals surface area (Å²) in [6.07, 6.45) is 2.31. The summed E-state index contributed by atoms with van der Waals surface area (Å²) < 4.78 is 0. The first-order chi connectivity index (χ1) is 6.83. The number of carbonyl (C=O) groups is 1. The molecule has 86 valence electrons. The number of amides is 1. The maximum Gasteiger partial charge on any atom is 0.224 e. The van der Waals surface area contributed by atoms with Crippen LogP contribution in [0.1, 0.15) is 26.7 Å². The van der Waals surface area contributed by atoms with Crippen molar-refractivity contribution in [1.29, 1.82) is 0 Å². The third-order valence-electron chi connectivity index (χ3n) is 3.79. The summed E-state index contributed by atoms with van der Waals surface area (Å²) in [4.78, 5) is 13.5. The van der Waals surface area contributed by atoms with Crippen molar-refractivity contribution in [3.63, 3.8) is 0 Å². The molecule has 1 aliphatic heterocycles. The Morgan fingerprint density at radius 1 is 1.47 bits per heavy atom. The molecule has 1 spiro atoms. The molecular formula is C11H21N3O. The second-order valence-corrected chi connectivity index (χ2v) is 6.06. The van der Waals surface area contributed by atoms with Crippen molar-refractivity contribution >= 4 is 5.91 Å². The van der Waals surface area contributed by atoms with E-state index in [1.807, 2.05) is 13.8 Å². The standard InChI is InChI=1S/C11H21N3O/c1-10(2,9(13)15)5-14-6-11(7-14)3-8(12)4-11/h8H,3-7,12H2,1-2H3,(H2,13,15). The van der Waals surface area contributed by atoms with Crippen LogP contribution in [-0.4, -0.2) is 36.5 Å². The predicted octanol–water partition coefficient (Wildman–Crippen LogP) is -0.0790. The number of carbonyl (C=O) groups excluding carboxylic acids is 1.